The lowest BCUT2D eigenvalue weighted by atomic mass is 9.82. The van der Waals surface area contributed by atoms with Gasteiger partial charge < -0.3 is 15.5 Å². The SMILES string of the molecule is CCCC1CCCCC1NC(=O)NC1CCN(C)CC1. The molecule has 0 spiro atoms. The van der Waals surface area contributed by atoms with E-state index in [1.165, 1.54) is 32.1 Å². The topological polar surface area (TPSA) is 44.4 Å². The van der Waals surface area contributed by atoms with Crippen LogP contribution in [0.1, 0.15) is 58.3 Å². The highest BCUT2D eigenvalue weighted by molar-refractivity contribution is 5.74. The van der Waals surface area contributed by atoms with E-state index in [-0.39, 0.29) is 6.03 Å². The van der Waals surface area contributed by atoms with Crippen LogP contribution in [0.15, 0.2) is 0 Å². The molecular weight excluding hydrogens is 250 g/mol. The van der Waals surface area contributed by atoms with Gasteiger partial charge in [-0.2, -0.15) is 0 Å². The molecule has 1 aliphatic carbocycles. The zero-order chi connectivity index (χ0) is 14.4. The molecular formula is C16H31N3O. The molecule has 0 aromatic carbocycles. The molecule has 1 saturated carbocycles. The van der Waals surface area contributed by atoms with Gasteiger partial charge in [-0.3, -0.25) is 0 Å². The van der Waals surface area contributed by atoms with E-state index in [1.807, 2.05) is 0 Å². The molecule has 2 unspecified atom stereocenters. The Labute approximate surface area is 123 Å². The largest absolute Gasteiger partial charge is 0.335 e. The predicted molar refractivity (Wildman–Crippen MR) is 82.8 cm³/mol. The fraction of sp³-hybridized carbons (Fsp3) is 0.938. The van der Waals surface area contributed by atoms with Gasteiger partial charge in [0.2, 0.25) is 0 Å². The average Bonchev–Trinajstić information content (AvgIpc) is 2.44. The van der Waals surface area contributed by atoms with Crippen LogP contribution in [0.3, 0.4) is 0 Å². The van der Waals surface area contributed by atoms with Crippen molar-refractivity contribution in [2.75, 3.05) is 20.1 Å². The minimum Gasteiger partial charge on any atom is -0.335 e. The zero-order valence-electron chi connectivity index (χ0n) is 13.2. The molecule has 4 nitrogen and oxygen atoms in total. The Bertz CT molecular complexity index is 298. The maximum Gasteiger partial charge on any atom is 0.315 e. The van der Waals surface area contributed by atoms with Crippen LogP contribution < -0.4 is 10.6 Å². The molecule has 1 aliphatic heterocycles. The van der Waals surface area contributed by atoms with Crippen molar-refractivity contribution in [3.05, 3.63) is 0 Å². The first-order valence-corrected chi connectivity index (χ1v) is 8.44. The second-order valence-electron chi connectivity index (χ2n) is 6.64. The van der Waals surface area contributed by atoms with E-state index >= 15 is 0 Å². The third-order valence-corrected chi connectivity index (χ3v) is 4.94. The summed E-state index contributed by atoms with van der Waals surface area (Å²) in [5, 5.41) is 6.42. The van der Waals surface area contributed by atoms with Gasteiger partial charge in [0.05, 0.1) is 0 Å². The second kappa shape index (κ2) is 7.87. The maximum absolute atomic E-state index is 12.2. The Morgan fingerprint density at radius 1 is 1.10 bits per heavy atom. The summed E-state index contributed by atoms with van der Waals surface area (Å²) in [7, 11) is 2.15. The molecule has 2 fully saturated rings. The van der Waals surface area contributed by atoms with Crippen molar-refractivity contribution in [2.45, 2.75) is 70.4 Å². The summed E-state index contributed by atoms with van der Waals surface area (Å²) in [4.78, 5) is 14.5. The summed E-state index contributed by atoms with van der Waals surface area (Å²) >= 11 is 0. The number of hydrogen-bond donors (Lipinski definition) is 2. The maximum atomic E-state index is 12.2. The van der Waals surface area contributed by atoms with Crippen molar-refractivity contribution in [2.24, 2.45) is 5.92 Å². The number of nitrogens with one attached hydrogen (secondary N) is 2. The minimum atomic E-state index is 0.0626. The quantitative estimate of drug-likeness (QED) is 0.832. The number of urea groups is 1. The number of nitrogens with zero attached hydrogens (tertiary/aromatic N) is 1. The number of rotatable bonds is 4. The molecule has 0 aromatic heterocycles. The van der Waals surface area contributed by atoms with Crippen LogP contribution in [-0.2, 0) is 0 Å². The molecule has 2 atom stereocenters. The first-order chi connectivity index (χ1) is 9.69. The highest BCUT2D eigenvalue weighted by Crippen LogP contribution is 2.27. The van der Waals surface area contributed by atoms with Gasteiger partial charge in [-0.1, -0.05) is 26.2 Å². The summed E-state index contributed by atoms with van der Waals surface area (Å²) in [6.45, 7) is 4.42. The van der Waals surface area contributed by atoms with Crippen LogP contribution in [0, 0.1) is 5.92 Å². The van der Waals surface area contributed by atoms with Crippen molar-refractivity contribution in [1.29, 1.82) is 0 Å². The average molecular weight is 281 g/mol. The van der Waals surface area contributed by atoms with E-state index in [2.05, 4.69) is 29.5 Å². The van der Waals surface area contributed by atoms with Crippen molar-refractivity contribution in [1.82, 2.24) is 15.5 Å². The molecule has 0 aromatic rings. The lowest BCUT2D eigenvalue weighted by Gasteiger charge is -2.34. The van der Waals surface area contributed by atoms with Crippen molar-refractivity contribution in [3.8, 4) is 0 Å². The molecule has 2 amide bonds. The Kier molecular flexibility index (Phi) is 6.14. The normalized spacial score (nSPS) is 29.1. The molecule has 20 heavy (non-hydrogen) atoms. The molecule has 2 N–H and O–H groups in total. The van der Waals surface area contributed by atoms with Gasteiger partial charge in [-0.25, -0.2) is 4.79 Å². The zero-order valence-corrected chi connectivity index (χ0v) is 13.2. The molecule has 4 heteroatoms. The number of piperidine rings is 1. The third-order valence-electron chi connectivity index (χ3n) is 4.94. The Morgan fingerprint density at radius 2 is 1.80 bits per heavy atom. The molecule has 1 saturated heterocycles. The minimum absolute atomic E-state index is 0.0626. The summed E-state index contributed by atoms with van der Waals surface area (Å²) in [5.74, 6) is 0.692. The fourth-order valence-electron chi connectivity index (χ4n) is 3.66. The molecule has 2 aliphatic rings. The number of carbonyl (C=O) groups excluding carboxylic acids is 1. The van der Waals surface area contributed by atoms with Gasteiger partial charge in [0.25, 0.3) is 0 Å². The van der Waals surface area contributed by atoms with Gasteiger partial charge in [-0.15, -0.1) is 0 Å². The van der Waals surface area contributed by atoms with Crippen LogP contribution in [0.4, 0.5) is 4.79 Å². The lowest BCUT2D eigenvalue weighted by Crippen LogP contribution is -2.51. The molecule has 2 rings (SSSR count). The van der Waals surface area contributed by atoms with Crippen molar-refractivity contribution >= 4 is 6.03 Å². The van der Waals surface area contributed by atoms with E-state index in [4.69, 9.17) is 0 Å². The summed E-state index contributed by atoms with van der Waals surface area (Å²) < 4.78 is 0. The van der Waals surface area contributed by atoms with E-state index in [9.17, 15) is 4.79 Å². The summed E-state index contributed by atoms with van der Waals surface area (Å²) in [5.41, 5.74) is 0. The van der Waals surface area contributed by atoms with Gasteiger partial charge in [-0.05, 0) is 58.2 Å². The fourth-order valence-corrected chi connectivity index (χ4v) is 3.66. The van der Waals surface area contributed by atoms with Gasteiger partial charge in [0.1, 0.15) is 0 Å². The van der Waals surface area contributed by atoms with Gasteiger partial charge >= 0.3 is 6.03 Å². The third kappa shape index (κ3) is 4.65. The van der Waals surface area contributed by atoms with Crippen LogP contribution >= 0.6 is 0 Å². The predicted octanol–water partition coefficient (Wildman–Crippen LogP) is 2.74. The van der Waals surface area contributed by atoms with Crippen molar-refractivity contribution in [3.63, 3.8) is 0 Å². The standard InChI is InChI=1S/C16H31N3O/c1-3-6-13-7-4-5-8-15(13)18-16(20)17-14-9-11-19(2)12-10-14/h13-15H,3-12H2,1-2H3,(H2,17,18,20). The monoisotopic (exact) mass is 281 g/mol. The Balaban J connectivity index is 1.74. The number of amides is 2. The summed E-state index contributed by atoms with van der Waals surface area (Å²) in [6, 6.07) is 0.821. The lowest BCUT2D eigenvalue weighted by molar-refractivity contribution is 0.197. The first kappa shape index (κ1) is 15.6. The number of carbonyl (C=O) groups is 1. The molecule has 0 radical (unpaired) electrons. The summed E-state index contributed by atoms with van der Waals surface area (Å²) in [6.07, 6.45) is 9.66. The van der Waals surface area contributed by atoms with E-state index in [0.717, 1.165) is 32.4 Å². The molecule has 1 heterocycles. The van der Waals surface area contributed by atoms with Crippen LogP contribution in [0.2, 0.25) is 0 Å². The molecule has 0 bridgehead atoms. The van der Waals surface area contributed by atoms with E-state index in [0.29, 0.717) is 18.0 Å². The highest BCUT2D eigenvalue weighted by atomic mass is 16.2. The first-order valence-electron chi connectivity index (χ1n) is 8.44. The Morgan fingerprint density at radius 3 is 2.50 bits per heavy atom. The van der Waals surface area contributed by atoms with Crippen molar-refractivity contribution < 1.29 is 4.79 Å². The molecule has 116 valence electrons. The second-order valence-corrected chi connectivity index (χ2v) is 6.64. The van der Waals surface area contributed by atoms with Gasteiger partial charge in [0, 0.05) is 12.1 Å². The Hall–Kier alpha value is -0.770. The van der Waals surface area contributed by atoms with Crippen LogP contribution in [0.5, 0.6) is 0 Å². The van der Waals surface area contributed by atoms with E-state index < -0.39 is 0 Å². The van der Waals surface area contributed by atoms with Crippen LogP contribution in [0.25, 0.3) is 0 Å². The van der Waals surface area contributed by atoms with Gasteiger partial charge in [0.15, 0.2) is 0 Å². The van der Waals surface area contributed by atoms with E-state index in [1.54, 1.807) is 0 Å². The number of likely N-dealkylation sites (tertiary alicyclic amines) is 1. The number of hydrogen-bond acceptors (Lipinski definition) is 2. The van der Waals surface area contributed by atoms with Crippen LogP contribution in [-0.4, -0.2) is 43.2 Å². The highest BCUT2D eigenvalue weighted by Gasteiger charge is 2.26. The smallest absolute Gasteiger partial charge is 0.315 e.